The fourth-order valence-electron chi connectivity index (χ4n) is 1.29. The Morgan fingerprint density at radius 1 is 1.31 bits per heavy atom. The molecule has 0 spiro atoms. The fraction of sp³-hybridized carbons (Fsp3) is 0.0909. The first-order valence-electron chi connectivity index (χ1n) is 4.82. The van der Waals surface area contributed by atoms with Crippen LogP contribution in [0.2, 0.25) is 0 Å². The summed E-state index contributed by atoms with van der Waals surface area (Å²) < 4.78 is 1.50. The third kappa shape index (κ3) is 2.09. The zero-order valence-corrected chi connectivity index (χ0v) is 9.52. The van der Waals surface area contributed by atoms with Gasteiger partial charge in [-0.3, -0.25) is 0 Å². The Kier molecular flexibility index (Phi) is 3.26. The van der Waals surface area contributed by atoms with Crippen molar-refractivity contribution in [2.24, 2.45) is 0 Å². The van der Waals surface area contributed by atoms with E-state index in [1.165, 1.54) is 16.4 Å². The Bertz CT molecular complexity index is 478. The van der Waals surface area contributed by atoms with Crippen molar-refractivity contribution in [3.8, 4) is 11.4 Å². The molecule has 0 bridgehead atoms. The SMILES string of the molecule is C=CCSc1nnc(-c2ccccc2)n1N. The van der Waals surface area contributed by atoms with Gasteiger partial charge in [0.25, 0.3) is 0 Å². The molecule has 2 N–H and O–H groups in total. The van der Waals surface area contributed by atoms with Gasteiger partial charge in [0.2, 0.25) is 5.16 Å². The Labute approximate surface area is 98.2 Å². The maximum Gasteiger partial charge on any atom is 0.210 e. The highest BCUT2D eigenvalue weighted by atomic mass is 32.2. The first-order valence-corrected chi connectivity index (χ1v) is 5.81. The van der Waals surface area contributed by atoms with Crippen LogP contribution in [0.1, 0.15) is 0 Å². The molecular weight excluding hydrogens is 220 g/mol. The first-order chi connectivity index (χ1) is 7.83. The van der Waals surface area contributed by atoms with Crippen LogP contribution in [0.4, 0.5) is 0 Å². The number of benzene rings is 1. The third-order valence-electron chi connectivity index (χ3n) is 2.03. The summed E-state index contributed by atoms with van der Waals surface area (Å²) in [6, 6.07) is 9.75. The molecule has 0 saturated heterocycles. The van der Waals surface area contributed by atoms with Crippen LogP contribution in [0.3, 0.4) is 0 Å². The standard InChI is InChI=1S/C11H12N4S/c1-2-8-16-11-14-13-10(15(11)12)9-6-4-3-5-7-9/h2-7H,1,8,12H2. The van der Waals surface area contributed by atoms with Crippen molar-refractivity contribution in [3.05, 3.63) is 43.0 Å². The van der Waals surface area contributed by atoms with E-state index in [1.54, 1.807) is 0 Å². The number of aromatic nitrogens is 3. The van der Waals surface area contributed by atoms with Gasteiger partial charge in [0.15, 0.2) is 5.82 Å². The third-order valence-corrected chi connectivity index (χ3v) is 2.97. The summed E-state index contributed by atoms with van der Waals surface area (Å²) in [5, 5.41) is 8.80. The summed E-state index contributed by atoms with van der Waals surface area (Å²) in [5.74, 6) is 7.35. The highest BCUT2D eigenvalue weighted by Crippen LogP contribution is 2.20. The highest BCUT2D eigenvalue weighted by molar-refractivity contribution is 7.99. The van der Waals surface area contributed by atoms with E-state index in [4.69, 9.17) is 5.84 Å². The van der Waals surface area contributed by atoms with E-state index in [0.717, 1.165) is 11.3 Å². The zero-order chi connectivity index (χ0) is 11.4. The molecule has 0 saturated carbocycles. The molecule has 0 aliphatic rings. The Balaban J connectivity index is 2.30. The van der Waals surface area contributed by atoms with Gasteiger partial charge < -0.3 is 5.84 Å². The van der Waals surface area contributed by atoms with Crippen LogP contribution in [-0.2, 0) is 0 Å². The largest absolute Gasteiger partial charge is 0.335 e. The molecule has 4 nitrogen and oxygen atoms in total. The van der Waals surface area contributed by atoms with Gasteiger partial charge in [-0.1, -0.05) is 48.2 Å². The maximum atomic E-state index is 5.91. The van der Waals surface area contributed by atoms with Crippen molar-refractivity contribution in [1.29, 1.82) is 0 Å². The number of nitrogens with zero attached hydrogens (tertiary/aromatic N) is 3. The Hall–Kier alpha value is -1.75. The Morgan fingerprint density at radius 2 is 2.06 bits per heavy atom. The van der Waals surface area contributed by atoms with E-state index in [2.05, 4.69) is 16.8 Å². The van der Waals surface area contributed by atoms with Crippen molar-refractivity contribution in [2.45, 2.75) is 5.16 Å². The van der Waals surface area contributed by atoms with Crippen LogP contribution in [0.5, 0.6) is 0 Å². The number of nitrogen functional groups attached to an aromatic ring is 1. The second-order valence-corrected chi connectivity index (χ2v) is 4.13. The molecule has 1 aromatic heterocycles. The normalized spacial score (nSPS) is 10.2. The summed E-state index contributed by atoms with van der Waals surface area (Å²) in [6.07, 6.45) is 1.81. The van der Waals surface area contributed by atoms with Gasteiger partial charge in [-0.05, 0) is 0 Å². The van der Waals surface area contributed by atoms with Gasteiger partial charge in [-0.2, -0.15) is 0 Å². The number of rotatable bonds is 4. The summed E-state index contributed by atoms with van der Waals surface area (Å²) in [6.45, 7) is 3.65. The molecule has 0 radical (unpaired) electrons. The quantitative estimate of drug-likeness (QED) is 0.497. The summed E-state index contributed by atoms with van der Waals surface area (Å²) in [7, 11) is 0. The molecule has 0 atom stereocenters. The van der Waals surface area contributed by atoms with Crippen LogP contribution in [0.25, 0.3) is 11.4 Å². The average Bonchev–Trinajstić information content (AvgIpc) is 2.69. The molecule has 1 heterocycles. The molecule has 16 heavy (non-hydrogen) atoms. The fourth-order valence-corrected chi connectivity index (χ4v) is 1.88. The van der Waals surface area contributed by atoms with E-state index >= 15 is 0 Å². The van der Waals surface area contributed by atoms with Crippen molar-refractivity contribution in [2.75, 3.05) is 11.6 Å². The smallest absolute Gasteiger partial charge is 0.210 e. The van der Waals surface area contributed by atoms with E-state index in [0.29, 0.717) is 11.0 Å². The lowest BCUT2D eigenvalue weighted by molar-refractivity contribution is 0.851. The van der Waals surface area contributed by atoms with Gasteiger partial charge in [-0.25, -0.2) is 4.68 Å². The van der Waals surface area contributed by atoms with Gasteiger partial charge >= 0.3 is 0 Å². The van der Waals surface area contributed by atoms with Crippen LogP contribution < -0.4 is 5.84 Å². The van der Waals surface area contributed by atoms with Gasteiger partial charge in [0.1, 0.15) is 0 Å². The molecule has 5 heteroatoms. The van der Waals surface area contributed by atoms with Crippen LogP contribution >= 0.6 is 11.8 Å². The minimum Gasteiger partial charge on any atom is -0.335 e. The summed E-state index contributed by atoms with van der Waals surface area (Å²) in [5.41, 5.74) is 0.961. The molecule has 0 amide bonds. The van der Waals surface area contributed by atoms with Gasteiger partial charge in [-0.15, -0.1) is 16.8 Å². The van der Waals surface area contributed by atoms with Crippen molar-refractivity contribution in [1.82, 2.24) is 14.9 Å². The van der Waals surface area contributed by atoms with Crippen molar-refractivity contribution < 1.29 is 0 Å². The minimum atomic E-state index is 0.673. The van der Waals surface area contributed by atoms with Crippen LogP contribution in [-0.4, -0.2) is 20.6 Å². The predicted octanol–water partition coefficient (Wildman–Crippen LogP) is 1.94. The Morgan fingerprint density at radius 3 is 2.75 bits per heavy atom. The van der Waals surface area contributed by atoms with Gasteiger partial charge in [0, 0.05) is 11.3 Å². The number of hydrogen-bond donors (Lipinski definition) is 1. The molecule has 82 valence electrons. The molecule has 0 fully saturated rings. The lowest BCUT2D eigenvalue weighted by atomic mass is 10.2. The molecule has 0 unspecified atom stereocenters. The topological polar surface area (TPSA) is 56.7 Å². The number of hydrogen-bond acceptors (Lipinski definition) is 4. The molecule has 0 aliphatic heterocycles. The lowest BCUT2D eigenvalue weighted by Gasteiger charge is -2.01. The molecule has 0 aliphatic carbocycles. The molecule has 2 aromatic rings. The number of nitrogens with two attached hydrogens (primary N) is 1. The van der Waals surface area contributed by atoms with E-state index in [9.17, 15) is 0 Å². The van der Waals surface area contributed by atoms with E-state index < -0.39 is 0 Å². The summed E-state index contributed by atoms with van der Waals surface area (Å²) in [4.78, 5) is 0. The molecule has 2 rings (SSSR count). The highest BCUT2D eigenvalue weighted by Gasteiger charge is 2.10. The summed E-state index contributed by atoms with van der Waals surface area (Å²) >= 11 is 1.51. The van der Waals surface area contributed by atoms with Crippen molar-refractivity contribution in [3.63, 3.8) is 0 Å². The first kappa shape index (κ1) is 10.8. The number of thioether (sulfide) groups is 1. The van der Waals surface area contributed by atoms with Crippen LogP contribution in [0, 0.1) is 0 Å². The monoisotopic (exact) mass is 232 g/mol. The minimum absolute atomic E-state index is 0.673. The maximum absolute atomic E-state index is 5.91. The van der Waals surface area contributed by atoms with Crippen LogP contribution in [0.15, 0.2) is 48.1 Å². The second kappa shape index (κ2) is 4.85. The van der Waals surface area contributed by atoms with E-state index in [-0.39, 0.29) is 0 Å². The van der Waals surface area contributed by atoms with E-state index in [1.807, 2.05) is 36.4 Å². The molecule has 1 aromatic carbocycles. The molecular formula is C11H12N4S. The van der Waals surface area contributed by atoms with Crippen molar-refractivity contribution >= 4 is 11.8 Å². The van der Waals surface area contributed by atoms with Gasteiger partial charge in [0.05, 0.1) is 0 Å². The zero-order valence-electron chi connectivity index (χ0n) is 8.71. The second-order valence-electron chi connectivity index (χ2n) is 3.14. The lowest BCUT2D eigenvalue weighted by Crippen LogP contribution is -2.11. The average molecular weight is 232 g/mol. The predicted molar refractivity (Wildman–Crippen MR) is 66.5 cm³/mol.